The van der Waals surface area contributed by atoms with E-state index in [9.17, 15) is 29.6 Å². The summed E-state index contributed by atoms with van der Waals surface area (Å²) < 4.78 is 0. The van der Waals surface area contributed by atoms with E-state index in [-0.39, 0.29) is 30.5 Å². The maximum absolute atomic E-state index is 12.3. The Hall–Kier alpha value is -2.97. The fraction of sp³-hybridized carbons (Fsp3) is 0.308. The molecule has 0 aromatic heterocycles. The smallest absolute Gasteiger partial charge is 0.311 e. The molecule has 0 saturated carbocycles. The molecule has 9 heteroatoms. The lowest BCUT2D eigenvalue weighted by molar-refractivity contribution is -0.385. The first-order valence-corrected chi connectivity index (χ1v) is 6.54. The number of nitro benzene ring substituents is 1. The number of benzene rings is 1. The van der Waals surface area contributed by atoms with Gasteiger partial charge in [0.1, 0.15) is 6.04 Å². The van der Waals surface area contributed by atoms with Crippen LogP contribution in [0.1, 0.15) is 28.8 Å². The summed E-state index contributed by atoms with van der Waals surface area (Å²) in [6, 6.07) is 1.50. The number of nitrogens with one attached hydrogen (secondary N) is 1. The number of fused-ring (bicyclic) bond motifs is 1. The van der Waals surface area contributed by atoms with Crippen molar-refractivity contribution in [2.45, 2.75) is 25.4 Å². The van der Waals surface area contributed by atoms with Crippen LogP contribution in [0.25, 0.3) is 0 Å². The molecule has 1 aromatic rings. The highest BCUT2D eigenvalue weighted by Gasteiger charge is 2.41. The van der Waals surface area contributed by atoms with Gasteiger partial charge < -0.3 is 10.0 Å². The minimum Gasteiger partial charge on any atom is -0.502 e. The van der Waals surface area contributed by atoms with E-state index in [1.165, 1.54) is 11.0 Å². The summed E-state index contributed by atoms with van der Waals surface area (Å²) in [6.07, 6.45) is 0.302. The van der Waals surface area contributed by atoms with Crippen LogP contribution in [-0.4, -0.2) is 38.7 Å². The van der Waals surface area contributed by atoms with Crippen molar-refractivity contribution in [1.29, 1.82) is 0 Å². The van der Waals surface area contributed by atoms with Gasteiger partial charge in [-0.05, 0) is 12.5 Å². The van der Waals surface area contributed by atoms with Crippen LogP contribution in [0.15, 0.2) is 12.1 Å². The molecule has 1 aromatic carbocycles. The quantitative estimate of drug-likeness (QED) is 0.451. The molecule has 114 valence electrons. The van der Waals surface area contributed by atoms with Crippen molar-refractivity contribution >= 4 is 23.4 Å². The Morgan fingerprint density at radius 3 is 2.68 bits per heavy atom. The zero-order valence-electron chi connectivity index (χ0n) is 11.2. The van der Waals surface area contributed by atoms with Crippen LogP contribution in [0.4, 0.5) is 5.69 Å². The lowest BCUT2D eigenvalue weighted by Gasteiger charge is -2.29. The molecular weight excluding hydrogens is 294 g/mol. The van der Waals surface area contributed by atoms with E-state index in [2.05, 4.69) is 5.32 Å². The Morgan fingerprint density at radius 1 is 1.32 bits per heavy atom. The molecule has 0 aliphatic carbocycles. The van der Waals surface area contributed by atoms with Crippen molar-refractivity contribution in [1.82, 2.24) is 10.2 Å². The van der Waals surface area contributed by atoms with Crippen molar-refractivity contribution in [3.8, 4) is 5.75 Å². The number of phenols is 1. The van der Waals surface area contributed by atoms with Crippen LogP contribution in [0.3, 0.4) is 0 Å². The number of rotatable bonds is 2. The predicted octanol–water partition coefficient (Wildman–Crippen LogP) is 0.0614. The average molecular weight is 305 g/mol. The molecule has 0 bridgehead atoms. The van der Waals surface area contributed by atoms with Gasteiger partial charge in [-0.15, -0.1) is 0 Å². The number of nitrogens with zero attached hydrogens (tertiary/aromatic N) is 2. The number of imide groups is 1. The third-order valence-corrected chi connectivity index (χ3v) is 3.86. The Balaban J connectivity index is 1.94. The monoisotopic (exact) mass is 305 g/mol. The highest BCUT2D eigenvalue weighted by Crippen LogP contribution is 2.38. The number of hydrogen-bond acceptors (Lipinski definition) is 6. The van der Waals surface area contributed by atoms with Crippen LogP contribution in [0.2, 0.25) is 0 Å². The summed E-state index contributed by atoms with van der Waals surface area (Å²) in [5.41, 5.74) is -0.228. The second kappa shape index (κ2) is 4.79. The van der Waals surface area contributed by atoms with E-state index in [0.717, 1.165) is 6.07 Å². The highest BCUT2D eigenvalue weighted by atomic mass is 16.6. The Kier molecular flexibility index (Phi) is 3.05. The zero-order chi connectivity index (χ0) is 16.0. The first kappa shape index (κ1) is 14.0. The van der Waals surface area contributed by atoms with Crippen molar-refractivity contribution in [2.24, 2.45) is 0 Å². The fourth-order valence-electron chi connectivity index (χ4n) is 2.76. The maximum atomic E-state index is 12.3. The average Bonchev–Trinajstić information content (AvgIpc) is 2.77. The summed E-state index contributed by atoms with van der Waals surface area (Å²) in [4.78, 5) is 46.6. The van der Waals surface area contributed by atoms with Gasteiger partial charge in [-0.1, -0.05) is 0 Å². The van der Waals surface area contributed by atoms with Crippen LogP contribution >= 0.6 is 0 Å². The molecule has 1 saturated heterocycles. The molecule has 1 fully saturated rings. The molecule has 2 N–H and O–H groups in total. The molecule has 1 atom stereocenters. The standard InChI is InChI=1S/C13H11N3O6/c17-10-4-3-9(12(19)14-10)15-5-7-6(13(15)20)1-2-8(11(7)18)16(21)22/h1-2,9,18H,3-5H2,(H,14,17,19). The minimum atomic E-state index is -0.823. The maximum Gasteiger partial charge on any atom is 0.311 e. The van der Waals surface area contributed by atoms with Gasteiger partial charge in [-0.2, -0.15) is 0 Å². The van der Waals surface area contributed by atoms with E-state index in [1.54, 1.807) is 0 Å². The minimum absolute atomic E-state index is 0.103. The van der Waals surface area contributed by atoms with Crippen LogP contribution in [0.5, 0.6) is 5.75 Å². The third kappa shape index (κ3) is 1.98. The molecule has 2 aliphatic heterocycles. The molecule has 2 heterocycles. The Morgan fingerprint density at radius 2 is 2.05 bits per heavy atom. The summed E-state index contributed by atoms with van der Waals surface area (Å²) in [5, 5.41) is 22.9. The first-order chi connectivity index (χ1) is 10.4. The number of phenolic OH excluding ortho intramolecular Hbond substituents is 1. The first-order valence-electron chi connectivity index (χ1n) is 6.54. The van der Waals surface area contributed by atoms with Crippen molar-refractivity contribution < 1.29 is 24.4 Å². The summed E-state index contributed by atoms with van der Waals surface area (Å²) in [6.45, 7) is -0.103. The van der Waals surface area contributed by atoms with Gasteiger partial charge in [0, 0.05) is 23.6 Å². The largest absolute Gasteiger partial charge is 0.502 e. The Labute approximate surface area is 123 Å². The van der Waals surface area contributed by atoms with E-state index in [0.29, 0.717) is 0 Å². The number of hydrogen-bond donors (Lipinski definition) is 2. The molecule has 1 unspecified atom stereocenters. The van der Waals surface area contributed by atoms with Crippen molar-refractivity contribution in [3.63, 3.8) is 0 Å². The van der Waals surface area contributed by atoms with Gasteiger partial charge in [0.05, 0.1) is 11.5 Å². The number of nitro groups is 1. The van der Waals surface area contributed by atoms with Gasteiger partial charge >= 0.3 is 5.69 Å². The number of aromatic hydroxyl groups is 1. The second-order valence-corrected chi connectivity index (χ2v) is 5.12. The number of carbonyl (C=O) groups is 3. The van der Waals surface area contributed by atoms with Crippen molar-refractivity contribution in [2.75, 3.05) is 0 Å². The SMILES string of the molecule is O=C1CCC(N2Cc3c(ccc([N+](=O)[O-])c3O)C2=O)C(=O)N1. The molecule has 2 aliphatic rings. The van der Waals surface area contributed by atoms with Gasteiger partial charge in [-0.3, -0.25) is 29.8 Å². The molecule has 0 spiro atoms. The molecule has 3 amide bonds. The lowest BCUT2D eigenvalue weighted by atomic mass is 10.0. The van der Waals surface area contributed by atoms with Crippen LogP contribution in [-0.2, 0) is 16.1 Å². The second-order valence-electron chi connectivity index (χ2n) is 5.12. The number of carbonyl (C=O) groups excluding carboxylic acids is 3. The van der Waals surface area contributed by atoms with Crippen LogP contribution < -0.4 is 5.32 Å². The Bertz CT molecular complexity index is 729. The van der Waals surface area contributed by atoms with Gasteiger partial charge in [-0.25, -0.2) is 0 Å². The molecule has 3 rings (SSSR count). The topological polar surface area (TPSA) is 130 Å². The highest BCUT2D eigenvalue weighted by molar-refractivity contribution is 6.05. The molecule has 22 heavy (non-hydrogen) atoms. The third-order valence-electron chi connectivity index (χ3n) is 3.86. The summed E-state index contributed by atoms with van der Waals surface area (Å²) in [5.74, 6) is -2.03. The van der Waals surface area contributed by atoms with Crippen molar-refractivity contribution in [3.05, 3.63) is 33.4 Å². The zero-order valence-corrected chi connectivity index (χ0v) is 11.2. The lowest BCUT2D eigenvalue weighted by Crippen LogP contribution is -2.52. The number of amides is 3. The number of piperidine rings is 1. The molecule has 9 nitrogen and oxygen atoms in total. The van der Waals surface area contributed by atoms with Gasteiger partial charge in [0.15, 0.2) is 5.75 Å². The normalized spacial score (nSPS) is 20.8. The van der Waals surface area contributed by atoms with Crippen LogP contribution in [0, 0.1) is 10.1 Å². The van der Waals surface area contributed by atoms with E-state index in [1.807, 2.05) is 0 Å². The summed E-state index contributed by atoms with van der Waals surface area (Å²) >= 11 is 0. The fourth-order valence-corrected chi connectivity index (χ4v) is 2.76. The molecule has 0 radical (unpaired) electrons. The molecular formula is C13H11N3O6. The summed E-state index contributed by atoms with van der Waals surface area (Å²) in [7, 11) is 0. The predicted molar refractivity (Wildman–Crippen MR) is 70.8 cm³/mol. The van der Waals surface area contributed by atoms with Gasteiger partial charge in [0.25, 0.3) is 5.91 Å². The van der Waals surface area contributed by atoms with E-state index in [4.69, 9.17) is 0 Å². The van der Waals surface area contributed by atoms with Gasteiger partial charge in [0.2, 0.25) is 11.8 Å². The van der Waals surface area contributed by atoms with E-state index >= 15 is 0 Å². The van der Waals surface area contributed by atoms with E-state index < -0.39 is 40.1 Å².